The van der Waals surface area contributed by atoms with Crippen molar-refractivity contribution in [2.24, 2.45) is 5.73 Å². The molecule has 1 aromatic heterocycles. The van der Waals surface area contributed by atoms with Crippen LogP contribution in [-0.4, -0.2) is 28.1 Å². The Balaban J connectivity index is 2.07. The molecule has 5 heteroatoms. The third kappa shape index (κ3) is 3.79. The maximum Gasteiger partial charge on any atom is 0.121 e. The van der Waals surface area contributed by atoms with E-state index in [4.69, 9.17) is 10.5 Å². The van der Waals surface area contributed by atoms with E-state index < -0.39 is 0 Å². The Morgan fingerprint density at radius 1 is 1.32 bits per heavy atom. The second-order valence-electron chi connectivity index (χ2n) is 4.33. The summed E-state index contributed by atoms with van der Waals surface area (Å²) >= 11 is 0. The van der Waals surface area contributed by atoms with Crippen LogP contribution in [0.25, 0.3) is 5.69 Å². The highest BCUT2D eigenvalue weighted by atomic mass is 16.5. The van der Waals surface area contributed by atoms with Crippen molar-refractivity contribution in [2.45, 2.75) is 26.2 Å². The minimum atomic E-state index is 0.658. The van der Waals surface area contributed by atoms with Crippen LogP contribution in [0.1, 0.15) is 25.5 Å². The fraction of sp³-hybridized carbons (Fsp3) is 0.429. The van der Waals surface area contributed by atoms with E-state index in [-0.39, 0.29) is 0 Å². The summed E-state index contributed by atoms with van der Waals surface area (Å²) in [5.41, 5.74) is 7.44. The molecule has 2 N–H and O–H groups in total. The van der Waals surface area contributed by atoms with Gasteiger partial charge in [0.15, 0.2) is 0 Å². The van der Waals surface area contributed by atoms with E-state index in [0.717, 1.165) is 42.9 Å². The molecule has 5 nitrogen and oxygen atoms in total. The Morgan fingerprint density at radius 2 is 2.21 bits per heavy atom. The molecule has 0 atom stereocenters. The van der Waals surface area contributed by atoms with Crippen molar-refractivity contribution in [3.8, 4) is 11.4 Å². The second-order valence-corrected chi connectivity index (χ2v) is 4.33. The summed E-state index contributed by atoms with van der Waals surface area (Å²) in [6.07, 6.45) is 4.95. The Labute approximate surface area is 113 Å². The number of hydrogen-bond acceptors (Lipinski definition) is 4. The smallest absolute Gasteiger partial charge is 0.121 e. The summed E-state index contributed by atoms with van der Waals surface area (Å²) in [4.78, 5) is 0. The van der Waals surface area contributed by atoms with Crippen LogP contribution in [-0.2, 0) is 6.42 Å². The lowest BCUT2D eigenvalue weighted by Crippen LogP contribution is -1.99. The molecule has 0 aliphatic carbocycles. The van der Waals surface area contributed by atoms with E-state index in [1.165, 1.54) is 0 Å². The van der Waals surface area contributed by atoms with Crippen LogP contribution in [0.5, 0.6) is 5.75 Å². The first-order valence-electron chi connectivity index (χ1n) is 6.68. The van der Waals surface area contributed by atoms with Crippen molar-refractivity contribution in [2.75, 3.05) is 13.2 Å². The lowest BCUT2D eigenvalue weighted by Gasteiger charge is -2.05. The fourth-order valence-corrected chi connectivity index (χ4v) is 1.87. The van der Waals surface area contributed by atoms with Gasteiger partial charge in [-0.25, -0.2) is 4.68 Å². The number of nitrogens with zero attached hydrogens (tertiary/aromatic N) is 3. The van der Waals surface area contributed by atoms with Gasteiger partial charge in [-0.1, -0.05) is 11.3 Å². The number of hydrogen-bond donors (Lipinski definition) is 1. The van der Waals surface area contributed by atoms with E-state index in [1.807, 2.05) is 37.4 Å². The molecule has 0 fully saturated rings. The van der Waals surface area contributed by atoms with Crippen molar-refractivity contribution < 1.29 is 4.74 Å². The fourth-order valence-electron chi connectivity index (χ4n) is 1.87. The standard InChI is InChI=1S/C14H20N4O/c1-2-19-14-8-5-7-13(10-14)18-11-12(16-17-18)6-3-4-9-15/h5,7-8,10-11H,2-4,6,9,15H2,1H3. The van der Waals surface area contributed by atoms with Crippen LogP contribution in [0.3, 0.4) is 0 Å². The third-order valence-corrected chi connectivity index (χ3v) is 2.82. The molecule has 102 valence electrons. The molecular weight excluding hydrogens is 240 g/mol. The van der Waals surface area contributed by atoms with Gasteiger partial charge in [0.1, 0.15) is 5.75 Å². The number of ether oxygens (including phenoxy) is 1. The van der Waals surface area contributed by atoms with Crippen LogP contribution in [0, 0.1) is 0 Å². The van der Waals surface area contributed by atoms with E-state index in [2.05, 4.69) is 10.3 Å². The topological polar surface area (TPSA) is 66.0 Å². The number of benzene rings is 1. The number of aryl methyl sites for hydroxylation is 1. The van der Waals surface area contributed by atoms with E-state index >= 15 is 0 Å². The molecule has 0 bridgehead atoms. The largest absolute Gasteiger partial charge is 0.494 e. The van der Waals surface area contributed by atoms with E-state index in [1.54, 1.807) is 4.68 Å². The number of nitrogens with two attached hydrogens (primary N) is 1. The van der Waals surface area contributed by atoms with Crippen LogP contribution >= 0.6 is 0 Å². The zero-order valence-electron chi connectivity index (χ0n) is 11.2. The van der Waals surface area contributed by atoms with Gasteiger partial charge in [-0.2, -0.15) is 0 Å². The highest BCUT2D eigenvalue weighted by Gasteiger charge is 2.03. The van der Waals surface area contributed by atoms with Crippen molar-refractivity contribution in [3.05, 3.63) is 36.2 Å². The lowest BCUT2D eigenvalue weighted by molar-refractivity contribution is 0.340. The quantitative estimate of drug-likeness (QED) is 0.773. The lowest BCUT2D eigenvalue weighted by atomic mass is 10.2. The van der Waals surface area contributed by atoms with Crippen molar-refractivity contribution in [1.29, 1.82) is 0 Å². The zero-order valence-corrected chi connectivity index (χ0v) is 11.2. The third-order valence-electron chi connectivity index (χ3n) is 2.82. The summed E-state index contributed by atoms with van der Waals surface area (Å²) in [6.45, 7) is 3.35. The first kappa shape index (κ1) is 13.5. The molecule has 0 saturated carbocycles. The number of unbranched alkanes of at least 4 members (excludes halogenated alkanes) is 1. The minimum Gasteiger partial charge on any atom is -0.494 e. The Morgan fingerprint density at radius 3 is 3.00 bits per heavy atom. The average Bonchev–Trinajstić information content (AvgIpc) is 2.89. The summed E-state index contributed by atoms with van der Waals surface area (Å²) in [7, 11) is 0. The number of aromatic nitrogens is 3. The molecule has 0 radical (unpaired) electrons. The average molecular weight is 260 g/mol. The Hall–Kier alpha value is -1.88. The van der Waals surface area contributed by atoms with Gasteiger partial charge in [-0.05, 0) is 44.9 Å². The van der Waals surface area contributed by atoms with Crippen LogP contribution in [0.15, 0.2) is 30.5 Å². The van der Waals surface area contributed by atoms with Gasteiger partial charge in [0, 0.05) is 6.07 Å². The SMILES string of the molecule is CCOc1cccc(-n2cc(CCCCN)nn2)c1. The maximum atomic E-state index is 5.48. The summed E-state index contributed by atoms with van der Waals surface area (Å²) in [5.74, 6) is 0.847. The van der Waals surface area contributed by atoms with Gasteiger partial charge in [0.2, 0.25) is 0 Å². The van der Waals surface area contributed by atoms with Gasteiger partial charge < -0.3 is 10.5 Å². The molecule has 0 amide bonds. The molecule has 0 aliphatic heterocycles. The predicted molar refractivity (Wildman–Crippen MR) is 74.5 cm³/mol. The molecule has 2 aromatic rings. The van der Waals surface area contributed by atoms with Crippen LogP contribution in [0.4, 0.5) is 0 Å². The van der Waals surface area contributed by atoms with Gasteiger partial charge in [0.05, 0.1) is 24.2 Å². The molecule has 0 unspecified atom stereocenters. The molecule has 0 spiro atoms. The first-order valence-corrected chi connectivity index (χ1v) is 6.68. The maximum absolute atomic E-state index is 5.48. The second kappa shape index (κ2) is 6.89. The summed E-state index contributed by atoms with van der Waals surface area (Å²) < 4.78 is 7.26. The van der Waals surface area contributed by atoms with Gasteiger partial charge in [-0.3, -0.25) is 0 Å². The zero-order chi connectivity index (χ0) is 13.5. The van der Waals surface area contributed by atoms with Gasteiger partial charge in [0.25, 0.3) is 0 Å². The highest BCUT2D eigenvalue weighted by Crippen LogP contribution is 2.16. The van der Waals surface area contributed by atoms with E-state index in [0.29, 0.717) is 6.61 Å². The van der Waals surface area contributed by atoms with Crippen molar-refractivity contribution in [1.82, 2.24) is 15.0 Å². The van der Waals surface area contributed by atoms with Gasteiger partial charge in [-0.15, -0.1) is 5.10 Å². The molecular formula is C14H20N4O. The Bertz CT molecular complexity index is 510. The minimum absolute atomic E-state index is 0.658. The molecule has 1 heterocycles. The van der Waals surface area contributed by atoms with Crippen molar-refractivity contribution >= 4 is 0 Å². The monoisotopic (exact) mass is 260 g/mol. The van der Waals surface area contributed by atoms with Crippen LogP contribution in [0.2, 0.25) is 0 Å². The summed E-state index contributed by atoms with van der Waals surface area (Å²) in [6, 6.07) is 7.84. The highest BCUT2D eigenvalue weighted by molar-refractivity contribution is 5.38. The van der Waals surface area contributed by atoms with Gasteiger partial charge >= 0.3 is 0 Å². The molecule has 1 aromatic carbocycles. The first-order chi connectivity index (χ1) is 9.33. The summed E-state index contributed by atoms with van der Waals surface area (Å²) in [5, 5.41) is 8.32. The normalized spacial score (nSPS) is 10.6. The predicted octanol–water partition coefficient (Wildman–Crippen LogP) is 1.95. The number of rotatable bonds is 7. The Kier molecular flexibility index (Phi) is 4.92. The van der Waals surface area contributed by atoms with Crippen molar-refractivity contribution in [3.63, 3.8) is 0 Å². The molecule has 0 aliphatic rings. The molecule has 19 heavy (non-hydrogen) atoms. The van der Waals surface area contributed by atoms with E-state index in [9.17, 15) is 0 Å². The van der Waals surface area contributed by atoms with Crippen LogP contribution < -0.4 is 10.5 Å². The molecule has 2 rings (SSSR count). The molecule has 0 saturated heterocycles.